The lowest BCUT2D eigenvalue weighted by Crippen LogP contribution is -2.60. The number of hydrogen-bond donors (Lipinski definition) is 3. The average Bonchev–Trinajstić information content (AvgIpc) is 3.77. The van der Waals surface area contributed by atoms with Crippen LogP contribution >= 0.6 is 0 Å². The summed E-state index contributed by atoms with van der Waals surface area (Å²) in [7, 11) is 7.00. The molecular formula is C50H87N7O8. The lowest BCUT2D eigenvalue weighted by Gasteiger charge is -2.43. The number of imide groups is 1. The molecule has 2 saturated heterocycles. The smallest absolute Gasteiger partial charge is 0.269 e. The minimum absolute atomic E-state index is 0.0164. The van der Waals surface area contributed by atoms with Crippen molar-refractivity contribution in [1.82, 2.24) is 30.4 Å². The van der Waals surface area contributed by atoms with Crippen molar-refractivity contribution in [2.75, 3.05) is 61.1 Å². The van der Waals surface area contributed by atoms with Gasteiger partial charge in [0.25, 0.3) is 5.91 Å². The molecular weight excluding hydrogens is 827 g/mol. The lowest BCUT2D eigenvalue weighted by atomic mass is 9.87. The van der Waals surface area contributed by atoms with Crippen LogP contribution in [0.25, 0.3) is 0 Å². The second kappa shape index (κ2) is 28.0. The van der Waals surface area contributed by atoms with Crippen molar-refractivity contribution >= 4 is 29.5 Å². The Morgan fingerprint density at radius 3 is 2.05 bits per heavy atom. The minimum atomic E-state index is -0.879. The predicted octanol–water partition coefficient (Wildman–Crippen LogP) is 5.37. The van der Waals surface area contributed by atoms with Crippen LogP contribution < -0.4 is 16.4 Å². The summed E-state index contributed by atoms with van der Waals surface area (Å²) >= 11 is 0. The zero-order valence-electron chi connectivity index (χ0n) is 42.1. The molecule has 4 N–H and O–H groups in total. The standard InChI is InChI=1S/C50H87N7O8/c1-13-35(6)45(55(10)44(34(4)5)49(61)53-48(60)43(33(2)3)54(9)28-20-15-14-19-27-51)40(63-11)32-41(58)56-29-23-26-39(56)46(64-12)37(8)47(59)52-42(36(7)38-24-17-16-18-25-38)50(62)57-30-21-22-31-65-57/h16-18,24-25,33-37,39-40,42-46H,13-15,19-23,26-32,51H2,1-12H3,(H,52,59)(H,53,60,61)/t35-,36-,37+,39-,40+,42-,43-,44-,45-,46+/m0/s1. The summed E-state index contributed by atoms with van der Waals surface area (Å²) in [6.07, 6.45) is 6.63. The van der Waals surface area contributed by atoms with E-state index in [0.29, 0.717) is 32.7 Å². The third-order valence-electron chi connectivity index (χ3n) is 14.0. The second-order valence-corrected chi connectivity index (χ2v) is 19.4. The fraction of sp³-hybridized carbons (Fsp3) is 0.780. The van der Waals surface area contributed by atoms with E-state index in [1.807, 2.05) is 93.7 Å². The molecule has 2 aliphatic heterocycles. The molecule has 0 aliphatic carbocycles. The van der Waals surface area contributed by atoms with Gasteiger partial charge >= 0.3 is 0 Å². The quantitative estimate of drug-likeness (QED) is 0.0969. The van der Waals surface area contributed by atoms with Gasteiger partial charge in [0.05, 0.1) is 49.3 Å². The number of nitrogens with zero attached hydrogens (tertiary/aromatic N) is 4. The van der Waals surface area contributed by atoms with Crippen LogP contribution in [-0.2, 0) is 38.3 Å². The summed E-state index contributed by atoms with van der Waals surface area (Å²) in [4.78, 5) is 82.4. The van der Waals surface area contributed by atoms with Crippen molar-refractivity contribution in [2.24, 2.45) is 29.4 Å². The molecule has 0 unspecified atom stereocenters. The third kappa shape index (κ3) is 15.5. The van der Waals surface area contributed by atoms with Crippen molar-refractivity contribution in [2.45, 2.75) is 168 Å². The fourth-order valence-corrected chi connectivity index (χ4v) is 10.2. The average molecular weight is 914 g/mol. The highest BCUT2D eigenvalue weighted by atomic mass is 16.7. The van der Waals surface area contributed by atoms with Gasteiger partial charge in [-0.05, 0) is 89.0 Å². The van der Waals surface area contributed by atoms with E-state index in [1.165, 1.54) is 5.06 Å². The molecule has 2 aliphatic rings. The first-order chi connectivity index (χ1) is 30.9. The molecule has 370 valence electrons. The largest absolute Gasteiger partial charge is 0.379 e. The van der Waals surface area contributed by atoms with E-state index >= 15 is 0 Å². The van der Waals surface area contributed by atoms with Crippen LogP contribution in [-0.4, -0.2) is 153 Å². The lowest BCUT2D eigenvalue weighted by molar-refractivity contribution is -0.200. The summed E-state index contributed by atoms with van der Waals surface area (Å²) in [6.45, 7) is 18.6. The third-order valence-corrected chi connectivity index (χ3v) is 14.0. The number of carbonyl (C=O) groups excluding carboxylic acids is 5. The molecule has 2 heterocycles. The van der Waals surface area contributed by atoms with Gasteiger partial charge in [0.2, 0.25) is 23.6 Å². The summed E-state index contributed by atoms with van der Waals surface area (Å²) in [5, 5.41) is 7.25. The van der Waals surface area contributed by atoms with Gasteiger partial charge in [0.1, 0.15) is 6.04 Å². The highest BCUT2D eigenvalue weighted by molar-refractivity contribution is 6.00. The topological polar surface area (TPSA) is 176 Å². The zero-order valence-corrected chi connectivity index (χ0v) is 42.1. The van der Waals surface area contributed by atoms with Gasteiger partial charge in [-0.2, -0.15) is 0 Å². The van der Waals surface area contributed by atoms with E-state index in [2.05, 4.69) is 24.5 Å². The van der Waals surface area contributed by atoms with E-state index < -0.39 is 42.3 Å². The molecule has 0 spiro atoms. The van der Waals surface area contributed by atoms with Crippen LogP contribution in [0.3, 0.4) is 0 Å². The number of likely N-dealkylation sites (N-methyl/N-ethyl adjacent to an activating group) is 2. The van der Waals surface area contributed by atoms with Crippen molar-refractivity contribution < 1.29 is 38.3 Å². The van der Waals surface area contributed by atoms with Gasteiger partial charge in [-0.1, -0.05) is 105 Å². The van der Waals surface area contributed by atoms with Crippen molar-refractivity contribution in [3.63, 3.8) is 0 Å². The Hall–Kier alpha value is -3.47. The van der Waals surface area contributed by atoms with Gasteiger partial charge < -0.3 is 25.4 Å². The normalized spacial score (nSPS) is 20.0. The first-order valence-corrected chi connectivity index (χ1v) is 24.6. The zero-order chi connectivity index (χ0) is 48.4. The molecule has 0 bridgehead atoms. The SMILES string of the molecule is CC[C@H](C)[C@@H]([C@@H](CC(=O)N1CCC[C@H]1[C@H](OC)[C@@H](C)C(=O)N[C@H](C(=O)N1CCCCO1)[C@@H](C)c1ccccc1)OC)N(C)[C@H](C(=O)NC(=O)[C@H](C(C)C)N(C)CCCCCCN)C(C)C. The molecule has 15 heteroatoms. The maximum atomic E-state index is 14.5. The number of amides is 5. The van der Waals surface area contributed by atoms with E-state index in [-0.39, 0.29) is 65.7 Å². The minimum Gasteiger partial charge on any atom is -0.379 e. The van der Waals surface area contributed by atoms with Crippen molar-refractivity contribution in [3.05, 3.63) is 35.9 Å². The van der Waals surface area contributed by atoms with Gasteiger partial charge in [-0.3, -0.25) is 43.9 Å². The van der Waals surface area contributed by atoms with Crippen LogP contribution in [0.5, 0.6) is 0 Å². The second-order valence-electron chi connectivity index (χ2n) is 19.4. The maximum Gasteiger partial charge on any atom is 0.269 e. The molecule has 0 saturated carbocycles. The van der Waals surface area contributed by atoms with Crippen LogP contribution in [0.2, 0.25) is 0 Å². The van der Waals surface area contributed by atoms with Crippen molar-refractivity contribution in [1.29, 1.82) is 0 Å². The number of benzene rings is 1. The summed E-state index contributed by atoms with van der Waals surface area (Å²) in [5.74, 6) is -2.67. The Balaban J connectivity index is 1.80. The highest BCUT2D eigenvalue weighted by Gasteiger charge is 2.44. The molecule has 1 aromatic rings. The van der Waals surface area contributed by atoms with Gasteiger partial charge in [-0.15, -0.1) is 0 Å². The highest BCUT2D eigenvalue weighted by Crippen LogP contribution is 2.31. The van der Waals surface area contributed by atoms with E-state index in [0.717, 1.165) is 63.5 Å². The summed E-state index contributed by atoms with van der Waals surface area (Å²) in [6, 6.07) is 6.86. The molecule has 15 nitrogen and oxygen atoms in total. The molecule has 65 heavy (non-hydrogen) atoms. The summed E-state index contributed by atoms with van der Waals surface area (Å²) < 4.78 is 12.3. The summed E-state index contributed by atoms with van der Waals surface area (Å²) in [5.41, 5.74) is 6.58. The number of nitrogens with two attached hydrogens (primary N) is 1. The fourth-order valence-electron chi connectivity index (χ4n) is 10.2. The van der Waals surface area contributed by atoms with E-state index in [4.69, 9.17) is 20.0 Å². The van der Waals surface area contributed by atoms with Crippen molar-refractivity contribution in [3.8, 4) is 0 Å². The number of ether oxygens (including phenoxy) is 2. The predicted molar refractivity (Wildman–Crippen MR) is 255 cm³/mol. The number of likely N-dealkylation sites (tertiary alicyclic amines) is 1. The Morgan fingerprint density at radius 1 is 0.831 bits per heavy atom. The van der Waals surface area contributed by atoms with Crippen LogP contribution in [0, 0.1) is 23.7 Å². The number of rotatable bonds is 27. The molecule has 1 aromatic carbocycles. The monoisotopic (exact) mass is 914 g/mol. The van der Waals surface area contributed by atoms with Crippen LogP contribution in [0.1, 0.15) is 131 Å². The Bertz CT molecular complexity index is 1610. The molecule has 5 amide bonds. The van der Waals surface area contributed by atoms with Gasteiger partial charge in [0.15, 0.2) is 0 Å². The van der Waals surface area contributed by atoms with Crippen LogP contribution in [0.15, 0.2) is 30.3 Å². The van der Waals surface area contributed by atoms with E-state index in [9.17, 15) is 24.0 Å². The molecule has 0 aromatic heterocycles. The number of carbonyl (C=O) groups is 5. The van der Waals surface area contributed by atoms with Gasteiger partial charge in [-0.25, -0.2) is 5.06 Å². The number of nitrogens with one attached hydrogen (secondary N) is 2. The number of hydrogen-bond acceptors (Lipinski definition) is 11. The first-order valence-electron chi connectivity index (χ1n) is 24.6. The maximum absolute atomic E-state index is 14.5. The number of hydroxylamine groups is 2. The molecule has 10 atom stereocenters. The molecule has 3 rings (SSSR count). The first kappa shape index (κ1) is 55.9. The number of unbranched alkanes of at least 4 members (excludes halogenated alkanes) is 3. The van der Waals surface area contributed by atoms with E-state index in [1.54, 1.807) is 21.1 Å². The molecule has 0 radical (unpaired) electrons. The Labute approximate surface area is 391 Å². The van der Waals surface area contributed by atoms with Crippen LogP contribution in [0.4, 0.5) is 0 Å². The molecule has 2 fully saturated rings. The number of methoxy groups -OCH3 is 2. The van der Waals surface area contributed by atoms with Gasteiger partial charge in [0, 0.05) is 39.3 Å². The Morgan fingerprint density at radius 2 is 1.48 bits per heavy atom. The Kier molecular flexibility index (Phi) is 24.1.